The number of hydrogen-bond donors (Lipinski definition) is 3. The molecule has 0 aliphatic heterocycles. The van der Waals surface area contributed by atoms with Gasteiger partial charge in [-0.1, -0.05) is 12.1 Å². The molecule has 0 spiro atoms. The number of carbonyl (C=O) groups excluding carboxylic acids is 3. The minimum absolute atomic E-state index is 0.143. The summed E-state index contributed by atoms with van der Waals surface area (Å²) in [5, 5.41) is 2.25. The van der Waals surface area contributed by atoms with Gasteiger partial charge >= 0.3 is 0 Å². The lowest BCUT2D eigenvalue weighted by Crippen LogP contribution is -2.46. The molecular formula is C20H23N3O4S. The molecule has 0 radical (unpaired) electrons. The molecule has 8 heteroatoms. The Labute approximate surface area is 168 Å². The number of benzene rings is 2. The molecule has 2 aromatic rings. The van der Waals surface area contributed by atoms with Gasteiger partial charge in [0.15, 0.2) is 6.61 Å². The van der Waals surface area contributed by atoms with Crippen molar-refractivity contribution < 1.29 is 19.1 Å². The van der Waals surface area contributed by atoms with Gasteiger partial charge in [0.2, 0.25) is 5.91 Å². The highest BCUT2D eigenvalue weighted by atomic mass is 32.2. The molecule has 28 heavy (non-hydrogen) atoms. The van der Waals surface area contributed by atoms with Crippen LogP contribution in [0.15, 0.2) is 53.4 Å². The van der Waals surface area contributed by atoms with Crippen LogP contribution in [-0.2, 0) is 14.4 Å². The molecule has 0 aliphatic carbocycles. The molecule has 0 fully saturated rings. The van der Waals surface area contributed by atoms with Gasteiger partial charge in [-0.15, -0.1) is 11.8 Å². The van der Waals surface area contributed by atoms with E-state index in [1.807, 2.05) is 37.3 Å². The Balaban J connectivity index is 1.74. The summed E-state index contributed by atoms with van der Waals surface area (Å²) in [6, 6.07) is 14.5. The first-order chi connectivity index (χ1) is 13.3. The van der Waals surface area contributed by atoms with Gasteiger partial charge in [0.1, 0.15) is 5.75 Å². The van der Waals surface area contributed by atoms with Crippen molar-refractivity contribution in [3.8, 4) is 5.75 Å². The van der Waals surface area contributed by atoms with E-state index in [1.54, 1.807) is 25.1 Å². The lowest BCUT2D eigenvalue weighted by molar-refractivity contribution is -0.129. The zero-order chi connectivity index (χ0) is 20.5. The molecular weight excluding hydrogens is 378 g/mol. The summed E-state index contributed by atoms with van der Waals surface area (Å²) in [5.41, 5.74) is 6.45. The van der Waals surface area contributed by atoms with Crippen LogP contribution in [-0.4, -0.2) is 29.6 Å². The fourth-order valence-corrected chi connectivity index (χ4v) is 3.07. The molecule has 0 heterocycles. The molecule has 2 rings (SSSR count). The summed E-state index contributed by atoms with van der Waals surface area (Å²) in [4.78, 5) is 35.8. The molecule has 0 aliphatic rings. The van der Waals surface area contributed by atoms with Crippen LogP contribution in [0.5, 0.6) is 5.75 Å². The SMILES string of the molecule is CC(=O)Nc1ccc(SC(C)C(=O)NNC(=O)COc2cccc(C)c2)cc1. The third-order valence-electron chi connectivity index (χ3n) is 3.54. The van der Waals surface area contributed by atoms with Crippen LogP contribution in [0.3, 0.4) is 0 Å². The first-order valence-electron chi connectivity index (χ1n) is 8.66. The van der Waals surface area contributed by atoms with Crippen molar-refractivity contribution in [2.45, 2.75) is 30.9 Å². The standard InChI is InChI=1S/C20H23N3O4S/c1-13-5-4-6-17(11-13)27-12-19(25)22-23-20(26)14(2)28-18-9-7-16(8-10-18)21-15(3)24/h4-11,14H,12H2,1-3H3,(H,21,24)(H,22,25)(H,23,26). The van der Waals surface area contributed by atoms with Crippen LogP contribution >= 0.6 is 11.8 Å². The van der Waals surface area contributed by atoms with Gasteiger partial charge in [0.05, 0.1) is 5.25 Å². The zero-order valence-electron chi connectivity index (χ0n) is 15.9. The number of thioether (sulfide) groups is 1. The van der Waals surface area contributed by atoms with Gasteiger partial charge in [0.25, 0.3) is 11.8 Å². The highest BCUT2D eigenvalue weighted by Crippen LogP contribution is 2.24. The van der Waals surface area contributed by atoms with Crippen LogP contribution in [0.4, 0.5) is 5.69 Å². The van der Waals surface area contributed by atoms with E-state index in [1.165, 1.54) is 18.7 Å². The summed E-state index contributed by atoms with van der Waals surface area (Å²) in [5.74, 6) is -0.338. The summed E-state index contributed by atoms with van der Waals surface area (Å²) in [6.07, 6.45) is 0. The Bertz CT molecular complexity index is 840. The quantitative estimate of drug-likeness (QED) is 0.490. The lowest BCUT2D eigenvalue weighted by Gasteiger charge is -2.13. The number of rotatable bonds is 7. The van der Waals surface area contributed by atoms with E-state index in [4.69, 9.17) is 4.74 Å². The zero-order valence-corrected chi connectivity index (χ0v) is 16.8. The van der Waals surface area contributed by atoms with Crippen molar-refractivity contribution in [2.24, 2.45) is 0 Å². The molecule has 0 aromatic heterocycles. The average molecular weight is 401 g/mol. The van der Waals surface area contributed by atoms with E-state index in [2.05, 4.69) is 16.2 Å². The summed E-state index contributed by atoms with van der Waals surface area (Å²) in [6.45, 7) is 4.90. The van der Waals surface area contributed by atoms with Crippen molar-refractivity contribution in [3.05, 3.63) is 54.1 Å². The Morgan fingerprint density at radius 1 is 1.07 bits per heavy atom. The van der Waals surface area contributed by atoms with Gasteiger partial charge in [-0.25, -0.2) is 0 Å². The largest absolute Gasteiger partial charge is 0.484 e. The average Bonchev–Trinajstić information content (AvgIpc) is 2.65. The monoisotopic (exact) mass is 401 g/mol. The number of amides is 3. The fraction of sp³-hybridized carbons (Fsp3) is 0.250. The lowest BCUT2D eigenvalue weighted by atomic mass is 10.2. The number of hydrazine groups is 1. The molecule has 3 N–H and O–H groups in total. The van der Waals surface area contributed by atoms with Crippen LogP contribution in [0.25, 0.3) is 0 Å². The molecule has 3 amide bonds. The van der Waals surface area contributed by atoms with Crippen molar-refractivity contribution in [1.29, 1.82) is 0 Å². The van der Waals surface area contributed by atoms with Crippen molar-refractivity contribution in [3.63, 3.8) is 0 Å². The predicted octanol–water partition coefficient (Wildman–Crippen LogP) is 2.66. The van der Waals surface area contributed by atoms with Gasteiger partial charge in [-0.05, 0) is 55.8 Å². The maximum absolute atomic E-state index is 12.1. The smallest absolute Gasteiger partial charge is 0.276 e. The third-order valence-corrected chi connectivity index (χ3v) is 4.65. The maximum Gasteiger partial charge on any atom is 0.276 e. The highest BCUT2D eigenvalue weighted by Gasteiger charge is 2.15. The van der Waals surface area contributed by atoms with Gasteiger partial charge in [-0.3, -0.25) is 25.2 Å². The van der Waals surface area contributed by atoms with Crippen molar-refractivity contribution in [2.75, 3.05) is 11.9 Å². The predicted molar refractivity (Wildman–Crippen MR) is 109 cm³/mol. The molecule has 2 aromatic carbocycles. The van der Waals surface area contributed by atoms with E-state index < -0.39 is 11.2 Å². The minimum atomic E-state index is -0.452. The second kappa shape index (κ2) is 10.4. The molecule has 0 saturated carbocycles. The van der Waals surface area contributed by atoms with Crippen molar-refractivity contribution in [1.82, 2.24) is 10.9 Å². The molecule has 148 valence electrons. The van der Waals surface area contributed by atoms with Crippen molar-refractivity contribution >= 4 is 35.2 Å². The Morgan fingerprint density at radius 2 is 1.79 bits per heavy atom. The van der Waals surface area contributed by atoms with E-state index >= 15 is 0 Å². The minimum Gasteiger partial charge on any atom is -0.484 e. The molecule has 0 bridgehead atoms. The summed E-state index contributed by atoms with van der Waals surface area (Å²) < 4.78 is 5.38. The van der Waals surface area contributed by atoms with E-state index in [0.29, 0.717) is 11.4 Å². The Kier molecular flexibility index (Phi) is 7.88. The molecule has 7 nitrogen and oxygen atoms in total. The van der Waals surface area contributed by atoms with Crippen LogP contribution in [0.2, 0.25) is 0 Å². The second-order valence-electron chi connectivity index (χ2n) is 6.11. The summed E-state index contributed by atoms with van der Waals surface area (Å²) >= 11 is 1.34. The number of anilines is 1. The van der Waals surface area contributed by atoms with E-state index in [0.717, 1.165) is 10.5 Å². The topological polar surface area (TPSA) is 96.5 Å². The maximum atomic E-state index is 12.1. The van der Waals surface area contributed by atoms with Gasteiger partial charge in [-0.2, -0.15) is 0 Å². The molecule has 1 unspecified atom stereocenters. The number of aryl methyl sites for hydroxylation is 1. The molecule has 1 atom stereocenters. The van der Waals surface area contributed by atoms with Crippen LogP contribution in [0.1, 0.15) is 19.4 Å². The number of carbonyl (C=O) groups is 3. The molecule has 0 saturated heterocycles. The first-order valence-corrected chi connectivity index (χ1v) is 9.54. The van der Waals surface area contributed by atoms with Crippen LogP contribution < -0.4 is 20.9 Å². The summed E-state index contributed by atoms with van der Waals surface area (Å²) in [7, 11) is 0. The Morgan fingerprint density at radius 3 is 2.43 bits per heavy atom. The number of nitrogens with one attached hydrogen (secondary N) is 3. The fourth-order valence-electron chi connectivity index (χ4n) is 2.20. The Hall–Kier alpha value is -3.00. The first kappa shape index (κ1) is 21.3. The number of ether oxygens (including phenoxy) is 1. The third kappa shape index (κ3) is 7.32. The van der Waals surface area contributed by atoms with Crippen LogP contribution in [0, 0.1) is 6.92 Å². The van der Waals surface area contributed by atoms with Gasteiger partial charge in [0, 0.05) is 17.5 Å². The van der Waals surface area contributed by atoms with Gasteiger partial charge < -0.3 is 10.1 Å². The second-order valence-corrected chi connectivity index (χ2v) is 7.52. The number of hydrogen-bond acceptors (Lipinski definition) is 5. The van der Waals surface area contributed by atoms with E-state index in [9.17, 15) is 14.4 Å². The highest BCUT2D eigenvalue weighted by molar-refractivity contribution is 8.00. The normalized spacial score (nSPS) is 11.2. The van der Waals surface area contributed by atoms with E-state index in [-0.39, 0.29) is 18.4 Å².